The number of nitrogens with zero attached hydrogens (tertiary/aromatic N) is 4. The molecule has 0 atom stereocenters. The summed E-state index contributed by atoms with van der Waals surface area (Å²) in [6, 6.07) is 0.216. The molecule has 0 radical (unpaired) electrons. The van der Waals surface area contributed by atoms with Crippen molar-refractivity contribution >= 4 is 5.95 Å². The van der Waals surface area contributed by atoms with Gasteiger partial charge in [0.1, 0.15) is 5.56 Å². The first-order valence-corrected chi connectivity index (χ1v) is 10.0. The van der Waals surface area contributed by atoms with Crippen molar-refractivity contribution < 1.29 is 18.3 Å². The Hall–Kier alpha value is -2.20. The van der Waals surface area contributed by atoms with Crippen LogP contribution in [0.4, 0.5) is 19.1 Å². The smallest absolute Gasteiger partial charge is 0.393 e. The number of piperidine rings is 1. The third-order valence-electron chi connectivity index (χ3n) is 5.68. The fourth-order valence-corrected chi connectivity index (χ4v) is 4.01. The van der Waals surface area contributed by atoms with Gasteiger partial charge in [0.05, 0.1) is 24.0 Å². The zero-order chi connectivity index (χ0) is 20.4. The Morgan fingerprint density at radius 1 is 1.07 bits per heavy atom. The molecular formula is C19H25F3N6O. The van der Waals surface area contributed by atoms with E-state index in [1.165, 1.54) is 6.20 Å². The summed E-state index contributed by atoms with van der Waals surface area (Å²) in [5.41, 5.74) is -0.711. The summed E-state index contributed by atoms with van der Waals surface area (Å²) in [7, 11) is 0. The quantitative estimate of drug-likeness (QED) is 0.718. The Balaban J connectivity index is 1.61. The molecule has 0 bridgehead atoms. The lowest BCUT2D eigenvalue weighted by Gasteiger charge is -2.25. The second-order valence-electron chi connectivity index (χ2n) is 7.79. The van der Waals surface area contributed by atoms with Crippen molar-refractivity contribution in [1.29, 1.82) is 0 Å². The van der Waals surface area contributed by atoms with E-state index in [4.69, 9.17) is 0 Å². The number of aliphatic hydroxyl groups excluding tert-OH is 1. The maximum absolute atomic E-state index is 13.6. The molecule has 29 heavy (non-hydrogen) atoms. The Morgan fingerprint density at radius 3 is 2.48 bits per heavy atom. The molecule has 4 rings (SSSR count). The van der Waals surface area contributed by atoms with Crippen molar-refractivity contribution in [3.8, 4) is 11.3 Å². The number of aromatic nitrogens is 4. The molecule has 3 heterocycles. The number of alkyl halides is 3. The summed E-state index contributed by atoms with van der Waals surface area (Å²) in [5, 5.41) is 20.4. The Labute approximate surface area is 166 Å². The van der Waals surface area contributed by atoms with Crippen molar-refractivity contribution in [2.45, 2.75) is 62.9 Å². The molecule has 3 N–H and O–H groups in total. The average Bonchev–Trinajstić information content (AvgIpc) is 3.18. The first-order valence-electron chi connectivity index (χ1n) is 10.0. The zero-order valence-electron chi connectivity index (χ0n) is 16.0. The molecule has 1 saturated heterocycles. The van der Waals surface area contributed by atoms with Crippen LogP contribution in [0.3, 0.4) is 0 Å². The highest BCUT2D eigenvalue weighted by molar-refractivity contribution is 5.63. The number of halogens is 3. The molecule has 1 aliphatic heterocycles. The van der Waals surface area contributed by atoms with E-state index in [9.17, 15) is 18.3 Å². The lowest BCUT2D eigenvalue weighted by Crippen LogP contribution is -2.35. The van der Waals surface area contributed by atoms with E-state index in [1.807, 2.05) is 0 Å². The number of aliphatic hydroxyl groups is 1. The summed E-state index contributed by atoms with van der Waals surface area (Å²) < 4.78 is 42.4. The lowest BCUT2D eigenvalue weighted by atomic mass is 9.93. The van der Waals surface area contributed by atoms with Crippen LogP contribution in [0.15, 0.2) is 18.6 Å². The maximum atomic E-state index is 13.6. The molecule has 0 unspecified atom stereocenters. The van der Waals surface area contributed by atoms with Gasteiger partial charge in [0.2, 0.25) is 5.95 Å². The van der Waals surface area contributed by atoms with E-state index >= 15 is 0 Å². The highest BCUT2D eigenvalue weighted by atomic mass is 19.4. The summed E-state index contributed by atoms with van der Waals surface area (Å²) in [6.45, 7) is 1.71. The summed E-state index contributed by atoms with van der Waals surface area (Å²) in [4.78, 5) is 8.13. The van der Waals surface area contributed by atoms with Crippen LogP contribution in [0, 0.1) is 0 Å². The zero-order valence-corrected chi connectivity index (χ0v) is 16.0. The largest absolute Gasteiger partial charge is 0.419 e. The minimum absolute atomic E-state index is 0.0793. The third kappa shape index (κ3) is 4.69. The van der Waals surface area contributed by atoms with E-state index in [0.717, 1.165) is 45.0 Å². The molecule has 0 aromatic carbocycles. The van der Waals surface area contributed by atoms with Crippen LogP contribution in [0.2, 0.25) is 0 Å². The van der Waals surface area contributed by atoms with Gasteiger partial charge in [-0.1, -0.05) is 0 Å². The summed E-state index contributed by atoms with van der Waals surface area (Å²) in [5.74, 6) is 0.202. The first kappa shape index (κ1) is 20.1. The molecular weight excluding hydrogens is 385 g/mol. The molecule has 2 aliphatic rings. The minimum atomic E-state index is -4.56. The van der Waals surface area contributed by atoms with Crippen LogP contribution in [0.25, 0.3) is 11.3 Å². The van der Waals surface area contributed by atoms with Gasteiger partial charge in [-0.05, 0) is 51.6 Å². The van der Waals surface area contributed by atoms with Crippen molar-refractivity contribution in [2.75, 3.05) is 18.4 Å². The van der Waals surface area contributed by atoms with Gasteiger partial charge < -0.3 is 15.7 Å². The molecule has 2 fully saturated rings. The fourth-order valence-electron chi connectivity index (χ4n) is 4.01. The Bertz CT molecular complexity index is 826. The summed E-state index contributed by atoms with van der Waals surface area (Å²) in [6.07, 6.45) is 3.61. The molecule has 10 heteroatoms. The number of hydrogen-bond donors (Lipinski definition) is 3. The van der Waals surface area contributed by atoms with E-state index < -0.39 is 11.7 Å². The second-order valence-corrected chi connectivity index (χ2v) is 7.79. The van der Waals surface area contributed by atoms with Crippen molar-refractivity contribution in [3.05, 3.63) is 24.2 Å². The number of nitrogens with one attached hydrogen (secondary N) is 2. The van der Waals surface area contributed by atoms with Crippen molar-refractivity contribution in [2.24, 2.45) is 0 Å². The molecule has 0 amide bonds. The SMILES string of the molecule is O[C@H]1CC[C@H](n2cc(-c3nc(NC4CCNCC4)ncc3C(F)(F)F)cn2)CC1. The highest BCUT2D eigenvalue weighted by Gasteiger charge is 2.36. The van der Waals surface area contributed by atoms with Gasteiger partial charge in [-0.25, -0.2) is 9.97 Å². The van der Waals surface area contributed by atoms with E-state index in [0.29, 0.717) is 18.4 Å². The van der Waals surface area contributed by atoms with Crippen LogP contribution in [-0.4, -0.2) is 50.1 Å². The van der Waals surface area contributed by atoms with Crippen molar-refractivity contribution in [3.63, 3.8) is 0 Å². The molecule has 2 aromatic rings. The van der Waals surface area contributed by atoms with Crippen LogP contribution in [-0.2, 0) is 6.18 Å². The van der Waals surface area contributed by atoms with E-state index in [2.05, 4.69) is 25.7 Å². The number of anilines is 1. The number of hydrogen-bond acceptors (Lipinski definition) is 6. The Morgan fingerprint density at radius 2 is 1.79 bits per heavy atom. The van der Waals surface area contributed by atoms with E-state index in [-0.39, 0.29) is 29.8 Å². The average molecular weight is 410 g/mol. The van der Waals surface area contributed by atoms with Gasteiger partial charge in [0, 0.05) is 24.0 Å². The normalized spacial score (nSPS) is 23.9. The molecule has 2 aromatic heterocycles. The van der Waals surface area contributed by atoms with Gasteiger partial charge in [-0.2, -0.15) is 18.3 Å². The van der Waals surface area contributed by atoms with Crippen LogP contribution < -0.4 is 10.6 Å². The minimum Gasteiger partial charge on any atom is -0.393 e. The van der Waals surface area contributed by atoms with Gasteiger partial charge >= 0.3 is 6.18 Å². The predicted molar refractivity (Wildman–Crippen MR) is 101 cm³/mol. The number of rotatable bonds is 4. The predicted octanol–water partition coefficient (Wildman–Crippen LogP) is 3.00. The standard InChI is InChI=1S/C19H25F3N6O/c20-19(21,22)16-10-24-18(26-13-5-7-23-8-6-13)27-17(16)12-9-25-28(11-12)14-1-3-15(29)4-2-14/h9-11,13-15,23,29H,1-8H2,(H,24,26,27)/t14-,15-. The molecule has 158 valence electrons. The third-order valence-corrected chi connectivity index (χ3v) is 5.68. The second kappa shape index (κ2) is 8.27. The summed E-state index contributed by atoms with van der Waals surface area (Å²) >= 11 is 0. The molecule has 7 nitrogen and oxygen atoms in total. The fraction of sp³-hybridized carbons (Fsp3) is 0.632. The van der Waals surface area contributed by atoms with Crippen LogP contribution in [0.5, 0.6) is 0 Å². The van der Waals surface area contributed by atoms with Crippen molar-refractivity contribution in [1.82, 2.24) is 25.1 Å². The van der Waals surface area contributed by atoms with Gasteiger partial charge in [-0.15, -0.1) is 0 Å². The molecule has 0 spiro atoms. The van der Waals surface area contributed by atoms with Gasteiger partial charge in [-0.3, -0.25) is 4.68 Å². The van der Waals surface area contributed by atoms with Gasteiger partial charge in [0.25, 0.3) is 0 Å². The topological polar surface area (TPSA) is 87.9 Å². The van der Waals surface area contributed by atoms with Crippen LogP contribution in [0.1, 0.15) is 50.1 Å². The van der Waals surface area contributed by atoms with Gasteiger partial charge in [0.15, 0.2) is 0 Å². The monoisotopic (exact) mass is 410 g/mol. The highest BCUT2D eigenvalue weighted by Crippen LogP contribution is 2.37. The molecule has 1 saturated carbocycles. The lowest BCUT2D eigenvalue weighted by molar-refractivity contribution is -0.137. The molecule has 1 aliphatic carbocycles. The first-order chi connectivity index (χ1) is 13.9. The van der Waals surface area contributed by atoms with Crippen LogP contribution >= 0.6 is 0 Å². The Kier molecular flexibility index (Phi) is 5.73. The van der Waals surface area contributed by atoms with E-state index in [1.54, 1.807) is 10.9 Å². The maximum Gasteiger partial charge on any atom is 0.419 e.